The quantitative estimate of drug-likeness (QED) is 0.471. The number of hydrogen-bond acceptors (Lipinski definition) is 5. The number of ether oxygens (including phenoxy) is 2. The van der Waals surface area contributed by atoms with Crippen molar-refractivity contribution >= 4 is 32.7 Å². The van der Waals surface area contributed by atoms with E-state index in [1.54, 1.807) is 13.2 Å². The molecule has 1 fully saturated rings. The van der Waals surface area contributed by atoms with Crippen molar-refractivity contribution in [2.24, 2.45) is 0 Å². The molecule has 0 radical (unpaired) electrons. The van der Waals surface area contributed by atoms with Gasteiger partial charge in [0, 0.05) is 49.9 Å². The minimum absolute atomic E-state index is 0.0116. The predicted octanol–water partition coefficient (Wildman–Crippen LogP) is 4.75. The van der Waals surface area contributed by atoms with E-state index >= 15 is 0 Å². The fourth-order valence-corrected chi connectivity index (χ4v) is 4.57. The zero-order valence-electron chi connectivity index (χ0n) is 18.5. The average Bonchev–Trinajstić information content (AvgIpc) is 2.83. The van der Waals surface area contributed by atoms with Gasteiger partial charge in [0.05, 0.1) is 23.7 Å². The number of nitrogens with zero attached hydrogens (tertiary/aromatic N) is 3. The first kappa shape index (κ1) is 22.6. The lowest BCUT2D eigenvalue weighted by Gasteiger charge is -2.35. The lowest BCUT2D eigenvalue weighted by Crippen LogP contribution is -2.48. The number of carbonyl (C=O) groups excluding carboxylic acids is 1. The Labute approximate surface area is 197 Å². The fourth-order valence-electron chi connectivity index (χ4n) is 4.02. The third kappa shape index (κ3) is 4.89. The van der Waals surface area contributed by atoms with E-state index in [2.05, 4.69) is 57.0 Å². The number of aromatic nitrogens is 1. The van der Waals surface area contributed by atoms with Crippen LogP contribution in [0, 0.1) is 0 Å². The third-order valence-corrected chi connectivity index (χ3v) is 6.29. The second-order valence-corrected chi connectivity index (χ2v) is 8.75. The minimum Gasteiger partial charge on any atom is -0.493 e. The van der Waals surface area contributed by atoms with Crippen LogP contribution in [0.15, 0.2) is 53.1 Å². The van der Waals surface area contributed by atoms with Crippen LogP contribution in [0.2, 0.25) is 0 Å². The summed E-state index contributed by atoms with van der Waals surface area (Å²) in [6.45, 7) is 6.50. The summed E-state index contributed by atoms with van der Waals surface area (Å²) >= 11 is 3.54. The van der Waals surface area contributed by atoms with Crippen molar-refractivity contribution in [1.82, 2.24) is 14.8 Å². The molecule has 1 saturated heterocycles. The molecular formula is C25H28BrN3O3. The Bertz CT molecular complexity index is 1090. The first-order valence-electron chi connectivity index (χ1n) is 10.9. The highest BCUT2D eigenvalue weighted by Gasteiger charge is 2.24. The molecule has 32 heavy (non-hydrogen) atoms. The highest BCUT2D eigenvalue weighted by atomic mass is 79.9. The molecule has 0 saturated carbocycles. The molecule has 1 aliphatic rings. The average molecular weight is 498 g/mol. The summed E-state index contributed by atoms with van der Waals surface area (Å²) in [6.07, 6.45) is 2.74. The Morgan fingerprint density at radius 3 is 2.66 bits per heavy atom. The van der Waals surface area contributed by atoms with E-state index in [0.717, 1.165) is 41.4 Å². The molecule has 1 amide bonds. The highest BCUT2D eigenvalue weighted by Crippen LogP contribution is 2.37. The van der Waals surface area contributed by atoms with Crippen LogP contribution in [-0.2, 0) is 6.54 Å². The molecule has 0 bridgehead atoms. The van der Waals surface area contributed by atoms with Gasteiger partial charge < -0.3 is 14.4 Å². The zero-order chi connectivity index (χ0) is 22.5. The van der Waals surface area contributed by atoms with Crippen LogP contribution < -0.4 is 9.47 Å². The molecule has 0 atom stereocenters. The maximum atomic E-state index is 13.2. The summed E-state index contributed by atoms with van der Waals surface area (Å²) in [4.78, 5) is 22.0. The van der Waals surface area contributed by atoms with E-state index in [0.29, 0.717) is 36.8 Å². The number of rotatable bonds is 7. The van der Waals surface area contributed by atoms with Crippen LogP contribution in [-0.4, -0.2) is 60.6 Å². The summed E-state index contributed by atoms with van der Waals surface area (Å²) in [6, 6.07) is 14.0. The normalized spacial score (nSPS) is 14.5. The lowest BCUT2D eigenvalue weighted by molar-refractivity contribution is 0.0628. The molecule has 0 spiro atoms. The molecule has 0 aliphatic carbocycles. The maximum absolute atomic E-state index is 13.2. The van der Waals surface area contributed by atoms with Gasteiger partial charge in [0.15, 0.2) is 11.5 Å². The second kappa shape index (κ2) is 10.3. The number of benzene rings is 2. The van der Waals surface area contributed by atoms with E-state index in [1.807, 2.05) is 23.2 Å². The Morgan fingerprint density at radius 2 is 1.91 bits per heavy atom. The van der Waals surface area contributed by atoms with Crippen LogP contribution in [0.25, 0.3) is 10.9 Å². The smallest absolute Gasteiger partial charge is 0.254 e. The molecule has 0 N–H and O–H groups in total. The van der Waals surface area contributed by atoms with Gasteiger partial charge in [0.2, 0.25) is 0 Å². The maximum Gasteiger partial charge on any atom is 0.254 e. The van der Waals surface area contributed by atoms with Gasteiger partial charge in [-0.2, -0.15) is 0 Å². The fraction of sp³-hybridized carbons (Fsp3) is 0.360. The largest absolute Gasteiger partial charge is 0.493 e. The van der Waals surface area contributed by atoms with Gasteiger partial charge in [-0.05, 0) is 46.1 Å². The minimum atomic E-state index is 0.0116. The SMILES string of the molecule is CCCOc1c(Br)cc(C(=O)N2CCN(Cc3cccc4cccnc34)CC2)cc1OC. The van der Waals surface area contributed by atoms with Gasteiger partial charge in [0.25, 0.3) is 5.91 Å². The second-order valence-electron chi connectivity index (χ2n) is 7.90. The molecule has 6 nitrogen and oxygen atoms in total. The topological polar surface area (TPSA) is 54.9 Å². The van der Waals surface area contributed by atoms with Crippen LogP contribution in [0.4, 0.5) is 0 Å². The molecule has 3 aromatic rings. The molecule has 168 valence electrons. The van der Waals surface area contributed by atoms with Crippen molar-refractivity contribution in [3.8, 4) is 11.5 Å². The van der Waals surface area contributed by atoms with Crippen LogP contribution in [0.1, 0.15) is 29.3 Å². The number of carbonyl (C=O) groups is 1. The molecule has 7 heteroatoms. The molecule has 1 aliphatic heterocycles. The summed E-state index contributed by atoms with van der Waals surface area (Å²) in [5, 5.41) is 1.16. The Morgan fingerprint density at radius 1 is 1.12 bits per heavy atom. The number of piperazine rings is 1. The summed E-state index contributed by atoms with van der Waals surface area (Å²) in [5.41, 5.74) is 2.87. The molecular weight excluding hydrogens is 470 g/mol. The lowest BCUT2D eigenvalue weighted by atomic mass is 10.1. The van der Waals surface area contributed by atoms with Crippen LogP contribution >= 0.6 is 15.9 Å². The summed E-state index contributed by atoms with van der Waals surface area (Å²) in [5.74, 6) is 1.22. The third-order valence-electron chi connectivity index (χ3n) is 5.70. The van der Waals surface area contributed by atoms with Crippen molar-refractivity contribution in [3.05, 3.63) is 64.3 Å². The number of fused-ring (bicyclic) bond motifs is 1. The van der Waals surface area contributed by atoms with Crippen LogP contribution in [0.3, 0.4) is 0 Å². The molecule has 1 aromatic heterocycles. The number of halogens is 1. The van der Waals surface area contributed by atoms with Gasteiger partial charge in [-0.25, -0.2) is 0 Å². The van der Waals surface area contributed by atoms with Gasteiger partial charge in [-0.3, -0.25) is 14.7 Å². The van der Waals surface area contributed by atoms with E-state index in [9.17, 15) is 4.79 Å². The van der Waals surface area contributed by atoms with Gasteiger partial charge in [-0.15, -0.1) is 0 Å². The van der Waals surface area contributed by atoms with Gasteiger partial charge in [-0.1, -0.05) is 31.2 Å². The standard InChI is InChI=1S/C25H28BrN3O3/c1-3-14-32-24-21(26)15-20(16-22(24)31-2)25(30)29-12-10-28(11-13-29)17-19-7-4-6-18-8-5-9-27-23(18)19/h4-9,15-16H,3,10-14,17H2,1-2H3. The Kier molecular flexibility index (Phi) is 7.27. The first-order valence-corrected chi connectivity index (χ1v) is 11.7. The highest BCUT2D eigenvalue weighted by molar-refractivity contribution is 9.10. The predicted molar refractivity (Wildman–Crippen MR) is 129 cm³/mol. The molecule has 2 aromatic carbocycles. The van der Waals surface area contributed by atoms with E-state index in [-0.39, 0.29) is 5.91 Å². The van der Waals surface area contributed by atoms with Gasteiger partial charge in [0.1, 0.15) is 0 Å². The monoisotopic (exact) mass is 497 g/mol. The molecule has 0 unspecified atom stereocenters. The van der Waals surface area contributed by atoms with Crippen molar-refractivity contribution in [2.45, 2.75) is 19.9 Å². The van der Waals surface area contributed by atoms with Crippen molar-refractivity contribution < 1.29 is 14.3 Å². The summed E-state index contributed by atoms with van der Waals surface area (Å²) < 4.78 is 12.0. The Balaban J connectivity index is 1.42. The Hall–Kier alpha value is -2.64. The number of amides is 1. The number of methoxy groups -OCH3 is 1. The zero-order valence-corrected chi connectivity index (χ0v) is 20.1. The van der Waals surface area contributed by atoms with Gasteiger partial charge >= 0.3 is 0 Å². The molecule has 4 rings (SSSR count). The summed E-state index contributed by atoms with van der Waals surface area (Å²) in [7, 11) is 1.59. The van der Waals surface area contributed by atoms with E-state index < -0.39 is 0 Å². The first-order chi connectivity index (χ1) is 15.6. The number of hydrogen-bond donors (Lipinski definition) is 0. The van der Waals surface area contributed by atoms with Crippen molar-refractivity contribution in [2.75, 3.05) is 39.9 Å². The number of para-hydroxylation sites is 1. The van der Waals surface area contributed by atoms with E-state index in [1.165, 1.54) is 5.56 Å². The van der Waals surface area contributed by atoms with Crippen molar-refractivity contribution in [3.63, 3.8) is 0 Å². The van der Waals surface area contributed by atoms with E-state index in [4.69, 9.17) is 9.47 Å². The molecule has 2 heterocycles. The van der Waals surface area contributed by atoms with Crippen LogP contribution in [0.5, 0.6) is 11.5 Å². The van der Waals surface area contributed by atoms with Crippen molar-refractivity contribution in [1.29, 1.82) is 0 Å². The number of pyridine rings is 1.